The molecule has 1 aromatic carbocycles. The minimum atomic E-state index is -3.71. The molecule has 0 spiro atoms. The summed E-state index contributed by atoms with van der Waals surface area (Å²) >= 11 is 11.7. The lowest BCUT2D eigenvalue weighted by Crippen LogP contribution is -2.34. The third kappa shape index (κ3) is 4.60. The van der Waals surface area contributed by atoms with E-state index in [2.05, 4.69) is 0 Å². The van der Waals surface area contributed by atoms with E-state index in [4.69, 9.17) is 28.3 Å². The van der Waals surface area contributed by atoms with Gasteiger partial charge in [-0.2, -0.15) is 4.31 Å². The largest absolute Gasteiger partial charge is 0.395 e. The molecule has 0 saturated carbocycles. The first kappa shape index (κ1) is 17.7. The number of hydrogen-bond donors (Lipinski definition) is 1. The number of nitrogens with zero attached hydrogens (tertiary/aromatic N) is 1. The Morgan fingerprint density at radius 1 is 1.20 bits per heavy atom. The first-order valence-electron chi connectivity index (χ1n) is 6.49. The molecule has 20 heavy (non-hydrogen) atoms. The zero-order valence-electron chi connectivity index (χ0n) is 11.3. The molecule has 0 aliphatic carbocycles. The number of halogens is 2. The zero-order chi connectivity index (χ0) is 15.2. The van der Waals surface area contributed by atoms with Crippen LogP contribution in [-0.4, -0.2) is 37.5 Å². The molecule has 0 heterocycles. The fourth-order valence-corrected chi connectivity index (χ4v) is 4.04. The molecule has 0 amide bonds. The predicted molar refractivity (Wildman–Crippen MR) is 81.8 cm³/mol. The fourth-order valence-electron chi connectivity index (χ4n) is 1.83. The van der Waals surface area contributed by atoms with E-state index in [-0.39, 0.29) is 23.1 Å². The molecule has 0 unspecified atom stereocenters. The van der Waals surface area contributed by atoms with Gasteiger partial charge < -0.3 is 5.11 Å². The molecule has 0 aliphatic heterocycles. The van der Waals surface area contributed by atoms with Crippen LogP contribution in [0.1, 0.15) is 26.2 Å². The summed E-state index contributed by atoms with van der Waals surface area (Å²) in [5.74, 6) is 0. The normalized spacial score (nSPS) is 12.1. The summed E-state index contributed by atoms with van der Waals surface area (Å²) in [6.45, 7) is 2.25. The molecule has 0 atom stereocenters. The lowest BCUT2D eigenvalue weighted by molar-refractivity contribution is 0.252. The molecule has 0 fully saturated rings. The van der Waals surface area contributed by atoms with Crippen molar-refractivity contribution in [2.45, 2.75) is 31.1 Å². The van der Waals surface area contributed by atoms with Crippen molar-refractivity contribution in [3.05, 3.63) is 28.2 Å². The summed E-state index contributed by atoms with van der Waals surface area (Å²) in [5.41, 5.74) is 0. The molecule has 1 N–H and O–H groups in total. The summed E-state index contributed by atoms with van der Waals surface area (Å²) in [5, 5.41) is 9.53. The fraction of sp³-hybridized carbons (Fsp3) is 0.538. The first-order valence-corrected chi connectivity index (χ1v) is 8.69. The maximum absolute atomic E-state index is 12.5. The van der Waals surface area contributed by atoms with E-state index in [1.807, 2.05) is 6.92 Å². The molecule has 0 saturated heterocycles. The van der Waals surface area contributed by atoms with Crippen molar-refractivity contribution in [1.29, 1.82) is 0 Å². The van der Waals surface area contributed by atoms with Crippen molar-refractivity contribution in [2.24, 2.45) is 0 Å². The minimum Gasteiger partial charge on any atom is -0.395 e. The molecule has 1 aromatic rings. The number of aliphatic hydroxyl groups excluding tert-OH is 1. The van der Waals surface area contributed by atoms with Crippen LogP contribution in [0.15, 0.2) is 23.1 Å². The van der Waals surface area contributed by atoms with E-state index in [9.17, 15) is 8.42 Å². The second-order valence-electron chi connectivity index (χ2n) is 4.41. The Morgan fingerprint density at radius 3 is 2.45 bits per heavy atom. The van der Waals surface area contributed by atoms with Crippen molar-refractivity contribution < 1.29 is 13.5 Å². The third-order valence-electron chi connectivity index (χ3n) is 2.87. The number of rotatable bonds is 8. The van der Waals surface area contributed by atoms with Gasteiger partial charge in [-0.05, 0) is 24.6 Å². The SMILES string of the molecule is CCCCCN(CCO)S(=O)(=O)c1ccc(Cl)cc1Cl. The summed E-state index contributed by atoms with van der Waals surface area (Å²) in [6.07, 6.45) is 2.68. The van der Waals surface area contributed by atoms with Gasteiger partial charge in [0.1, 0.15) is 4.90 Å². The number of benzene rings is 1. The monoisotopic (exact) mass is 339 g/mol. The number of sulfonamides is 1. The lowest BCUT2D eigenvalue weighted by atomic mass is 10.2. The van der Waals surface area contributed by atoms with Crippen LogP contribution in [0.5, 0.6) is 0 Å². The van der Waals surface area contributed by atoms with E-state index in [0.29, 0.717) is 11.6 Å². The van der Waals surface area contributed by atoms with Crippen molar-refractivity contribution in [3.8, 4) is 0 Å². The Bertz CT molecular complexity index is 534. The van der Waals surface area contributed by atoms with Gasteiger partial charge in [-0.25, -0.2) is 8.42 Å². The standard InChI is InChI=1S/C13H19Cl2NO3S/c1-2-3-4-7-16(8-9-17)20(18,19)13-6-5-11(14)10-12(13)15/h5-6,10,17H,2-4,7-9H2,1H3. The summed E-state index contributed by atoms with van der Waals surface area (Å²) in [7, 11) is -3.71. The number of unbranched alkanes of at least 4 members (excludes halogenated alkanes) is 2. The van der Waals surface area contributed by atoms with E-state index in [0.717, 1.165) is 19.3 Å². The summed E-state index contributed by atoms with van der Waals surface area (Å²) < 4.78 is 26.3. The molecule has 0 radical (unpaired) electrons. The Kier molecular flexibility index (Phi) is 7.26. The Hall–Kier alpha value is -0.330. The molecule has 4 nitrogen and oxygen atoms in total. The van der Waals surface area contributed by atoms with Crippen molar-refractivity contribution in [2.75, 3.05) is 19.7 Å². The lowest BCUT2D eigenvalue weighted by Gasteiger charge is -2.21. The smallest absolute Gasteiger partial charge is 0.244 e. The van der Waals surface area contributed by atoms with E-state index in [1.165, 1.54) is 22.5 Å². The molecule has 0 aromatic heterocycles. The second kappa shape index (κ2) is 8.20. The van der Waals surface area contributed by atoms with Crippen LogP contribution in [0.3, 0.4) is 0 Å². The second-order valence-corrected chi connectivity index (χ2v) is 7.16. The molecule has 114 valence electrons. The van der Waals surface area contributed by atoms with Gasteiger partial charge >= 0.3 is 0 Å². The molecular weight excluding hydrogens is 321 g/mol. The highest BCUT2D eigenvalue weighted by atomic mass is 35.5. The maximum atomic E-state index is 12.5. The van der Waals surface area contributed by atoms with Crippen molar-refractivity contribution >= 4 is 33.2 Å². The van der Waals surface area contributed by atoms with Crippen LogP contribution in [0.25, 0.3) is 0 Å². The minimum absolute atomic E-state index is 0.0218. The molecule has 1 rings (SSSR count). The van der Waals surface area contributed by atoms with Gasteiger partial charge in [-0.1, -0.05) is 43.0 Å². The average Bonchev–Trinajstić information content (AvgIpc) is 2.37. The van der Waals surface area contributed by atoms with Gasteiger partial charge in [-0.15, -0.1) is 0 Å². The molecule has 0 aliphatic rings. The Balaban J connectivity index is 3.02. The van der Waals surface area contributed by atoms with Gasteiger partial charge in [0.2, 0.25) is 10.0 Å². The highest BCUT2D eigenvalue weighted by Gasteiger charge is 2.26. The summed E-state index contributed by atoms with van der Waals surface area (Å²) in [4.78, 5) is 0.0218. The number of aliphatic hydroxyl groups is 1. The quantitative estimate of drug-likeness (QED) is 0.740. The van der Waals surface area contributed by atoms with Gasteiger partial charge in [0, 0.05) is 18.1 Å². The van der Waals surface area contributed by atoms with Crippen LogP contribution in [0.2, 0.25) is 10.0 Å². The van der Waals surface area contributed by atoms with E-state index >= 15 is 0 Å². The third-order valence-corrected chi connectivity index (χ3v) is 5.49. The average molecular weight is 340 g/mol. The van der Waals surface area contributed by atoms with Gasteiger partial charge in [-0.3, -0.25) is 0 Å². The van der Waals surface area contributed by atoms with E-state index < -0.39 is 10.0 Å². The van der Waals surface area contributed by atoms with Crippen LogP contribution >= 0.6 is 23.2 Å². The van der Waals surface area contributed by atoms with Gasteiger partial charge in [0.05, 0.1) is 11.6 Å². The zero-order valence-corrected chi connectivity index (χ0v) is 13.7. The summed E-state index contributed by atoms with van der Waals surface area (Å²) in [6, 6.07) is 4.28. The van der Waals surface area contributed by atoms with Gasteiger partial charge in [0.15, 0.2) is 0 Å². The van der Waals surface area contributed by atoms with Crippen LogP contribution in [0.4, 0.5) is 0 Å². The molecule has 0 bridgehead atoms. The van der Waals surface area contributed by atoms with Crippen LogP contribution in [0, 0.1) is 0 Å². The highest BCUT2D eigenvalue weighted by molar-refractivity contribution is 7.89. The van der Waals surface area contributed by atoms with Crippen molar-refractivity contribution in [3.63, 3.8) is 0 Å². The van der Waals surface area contributed by atoms with Gasteiger partial charge in [0.25, 0.3) is 0 Å². The number of hydrogen-bond acceptors (Lipinski definition) is 3. The van der Waals surface area contributed by atoms with Crippen molar-refractivity contribution in [1.82, 2.24) is 4.31 Å². The Morgan fingerprint density at radius 2 is 1.90 bits per heavy atom. The van der Waals surface area contributed by atoms with E-state index in [1.54, 1.807) is 0 Å². The first-order chi connectivity index (χ1) is 9.43. The topological polar surface area (TPSA) is 57.6 Å². The predicted octanol–water partition coefficient (Wildman–Crippen LogP) is 3.17. The highest BCUT2D eigenvalue weighted by Crippen LogP contribution is 2.27. The molecule has 7 heteroatoms. The van der Waals surface area contributed by atoms with Crippen LogP contribution in [-0.2, 0) is 10.0 Å². The van der Waals surface area contributed by atoms with Crippen LogP contribution < -0.4 is 0 Å². The molecular formula is C13H19Cl2NO3S. The Labute approximate surface area is 130 Å². The maximum Gasteiger partial charge on any atom is 0.244 e.